The summed E-state index contributed by atoms with van der Waals surface area (Å²) >= 11 is 2.01. The van der Waals surface area contributed by atoms with Gasteiger partial charge in [-0.05, 0) is 0 Å². The summed E-state index contributed by atoms with van der Waals surface area (Å²) in [6.45, 7) is 1.51. The largest absolute Gasteiger partial charge is 0.398 e. The van der Waals surface area contributed by atoms with Crippen LogP contribution < -0.4 is 16.4 Å². The van der Waals surface area contributed by atoms with Gasteiger partial charge < -0.3 is 21.2 Å². The quantitative estimate of drug-likeness (QED) is 0.108. The predicted molar refractivity (Wildman–Crippen MR) is 105 cm³/mol. The molecular weight excluding hydrogens is 448 g/mol. The van der Waals surface area contributed by atoms with Crippen molar-refractivity contribution in [2.45, 2.75) is 18.3 Å². The van der Waals surface area contributed by atoms with E-state index in [1.807, 2.05) is 0 Å². The highest BCUT2D eigenvalue weighted by Crippen LogP contribution is 2.32. The Kier molecular flexibility index (Phi) is 7.39. The molecule has 29 heavy (non-hydrogen) atoms. The topological polar surface area (TPSA) is 193 Å². The Hall–Kier alpha value is -2.43. The van der Waals surface area contributed by atoms with Gasteiger partial charge in [-0.3, -0.25) is 18.9 Å². The Balaban J connectivity index is 2.14. The van der Waals surface area contributed by atoms with Crippen LogP contribution in [0.15, 0.2) is 10.5 Å². The third-order valence-corrected chi connectivity index (χ3v) is 6.44. The van der Waals surface area contributed by atoms with Gasteiger partial charge in [0, 0.05) is 24.6 Å². The number of amides is 3. The number of carbonyl (C=O) groups excluding carboxylic acids is 3. The zero-order chi connectivity index (χ0) is 21.8. The molecule has 2 rings (SSSR count). The zero-order valence-electron chi connectivity index (χ0n) is 15.2. The first-order chi connectivity index (χ1) is 13.6. The third-order valence-electron chi connectivity index (χ3n) is 3.46. The summed E-state index contributed by atoms with van der Waals surface area (Å²) in [5, 5.41) is 8.98. The number of carbonyl (C=O) groups is 3. The standard InChI is InChI=1S/C13H18N6O7S3/c1-6(20)15-3-4-27-12-9(11(22)19(12)29(23,24)25)17-10(21)8(18-26-2)7-5-28-13(14)16-7/h5,9,12H,3-4H2,1-2H3,(H2,14,16)(H,15,20)(H,17,21)(H,23,24,25)/t9-,12+/m1/s1. The molecule has 1 aromatic heterocycles. The molecule has 16 heteroatoms. The minimum atomic E-state index is -4.82. The number of nitrogens with one attached hydrogen (secondary N) is 2. The summed E-state index contributed by atoms with van der Waals surface area (Å²) in [5.41, 5.74) is 5.39. The number of hydrogen-bond donors (Lipinski definition) is 4. The molecule has 3 amide bonds. The van der Waals surface area contributed by atoms with E-state index in [9.17, 15) is 27.4 Å². The summed E-state index contributed by atoms with van der Waals surface area (Å²) < 4.78 is 32.5. The molecule has 0 aliphatic carbocycles. The fourth-order valence-electron chi connectivity index (χ4n) is 2.29. The van der Waals surface area contributed by atoms with Crippen molar-refractivity contribution in [2.75, 3.05) is 25.1 Å². The maximum absolute atomic E-state index is 12.6. The number of nitrogens with two attached hydrogens (primary N) is 1. The molecule has 2 atom stereocenters. The molecule has 2 heterocycles. The number of oxime groups is 1. The van der Waals surface area contributed by atoms with Gasteiger partial charge in [0.2, 0.25) is 5.91 Å². The number of nitrogen functional groups attached to an aromatic ring is 1. The van der Waals surface area contributed by atoms with Crippen LogP contribution in [0, 0.1) is 0 Å². The maximum Gasteiger partial charge on any atom is 0.363 e. The Bertz CT molecular complexity index is 931. The second-order valence-electron chi connectivity index (χ2n) is 5.50. The minimum absolute atomic E-state index is 0.111. The Morgan fingerprint density at radius 1 is 1.52 bits per heavy atom. The van der Waals surface area contributed by atoms with Crippen LogP contribution in [0.4, 0.5) is 5.13 Å². The van der Waals surface area contributed by atoms with Gasteiger partial charge in [-0.2, -0.15) is 12.7 Å². The third kappa shape index (κ3) is 5.55. The lowest BCUT2D eigenvalue weighted by Gasteiger charge is -2.43. The molecule has 0 saturated carbocycles. The summed E-state index contributed by atoms with van der Waals surface area (Å²) in [7, 11) is -3.62. The SMILES string of the molecule is CON=C(C(=O)N[C@@H]1C(=O)N(S(=O)(=O)O)[C@H]1SCCNC(C)=O)c1csc(N)n1. The van der Waals surface area contributed by atoms with Gasteiger partial charge >= 0.3 is 10.3 Å². The Morgan fingerprint density at radius 3 is 2.72 bits per heavy atom. The van der Waals surface area contributed by atoms with Crippen molar-refractivity contribution in [1.82, 2.24) is 19.9 Å². The molecule has 0 aromatic carbocycles. The second-order valence-corrected chi connectivity index (χ2v) is 8.90. The smallest absolute Gasteiger partial charge is 0.363 e. The molecule has 1 aromatic rings. The van der Waals surface area contributed by atoms with Crippen LogP contribution in [-0.2, 0) is 29.5 Å². The first-order valence-electron chi connectivity index (χ1n) is 7.86. The molecule has 0 unspecified atom stereocenters. The van der Waals surface area contributed by atoms with E-state index in [1.54, 1.807) is 0 Å². The van der Waals surface area contributed by atoms with Gasteiger partial charge in [0.25, 0.3) is 11.8 Å². The lowest BCUT2D eigenvalue weighted by molar-refractivity contribution is -0.141. The molecule has 13 nitrogen and oxygen atoms in total. The molecule has 0 spiro atoms. The number of aromatic nitrogens is 1. The Labute approximate surface area is 173 Å². The summed E-state index contributed by atoms with van der Waals surface area (Å²) in [4.78, 5) is 44.2. The van der Waals surface area contributed by atoms with Crippen LogP contribution in [0.1, 0.15) is 12.6 Å². The number of anilines is 1. The number of rotatable bonds is 9. The van der Waals surface area contributed by atoms with Crippen molar-refractivity contribution in [1.29, 1.82) is 0 Å². The van der Waals surface area contributed by atoms with E-state index >= 15 is 0 Å². The number of thioether (sulfide) groups is 1. The van der Waals surface area contributed by atoms with Crippen molar-refractivity contribution in [3.05, 3.63) is 11.1 Å². The summed E-state index contributed by atoms with van der Waals surface area (Å²) in [6.07, 6.45) is 0. The van der Waals surface area contributed by atoms with Gasteiger partial charge in [0.15, 0.2) is 10.8 Å². The first-order valence-corrected chi connectivity index (χ1v) is 11.2. The van der Waals surface area contributed by atoms with E-state index < -0.39 is 33.5 Å². The van der Waals surface area contributed by atoms with Gasteiger partial charge in [-0.1, -0.05) is 5.16 Å². The number of nitrogens with zero attached hydrogens (tertiary/aromatic N) is 3. The van der Waals surface area contributed by atoms with Crippen molar-refractivity contribution >= 4 is 62.0 Å². The summed E-state index contributed by atoms with van der Waals surface area (Å²) in [6, 6.07) is -1.26. The number of hydrogen-bond acceptors (Lipinski definition) is 11. The fourth-order valence-corrected chi connectivity index (χ4v) is 5.15. The van der Waals surface area contributed by atoms with E-state index in [0.717, 1.165) is 23.1 Å². The molecule has 0 bridgehead atoms. The van der Waals surface area contributed by atoms with Crippen LogP contribution >= 0.6 is 23.1 Å². The average Bonchev–Trinajstić information content (AvgIpc) is 3.04. The molecule has 5 N–H and O–H groups in total. The van der Waals surface area contributed by atoms with Crippen LogP contribution in [0.2, 0.25) is 0 Å². The molecule has 1 aliphatic rings. The van der Waals surface area contributed by atoms with E-state index in [2.05, 4.69) is 25.6 Å². The van der Waals surface area contributed by atoms with Gasteiger partial charge in [-0.15, -0.1) is 23.1 Å². The highest BCUT2D eigenvalue weighted by molar-refractivity contribution is 8.00. The van der Waals surface area contributed by atoms with Crippen LogP contribution in [0.3, 0.4) is 0 Å². The molecule has 160 valence electrons. The first kappa shape index (κ1) is 22.9. The highest BCUT2D eigenvalue weighted by atomic mass is 32.2. The maximum atomic E-state index is 12.6. The monoisotopic (exact) mass is 466 g/mol. The van der Waals surface area contributed by atoms with E-state index in [4.69, 9.17) is 5.73 Å². The lowest BCUT2D eigenvalue weighted by Crippen LogP contribution is -2.71. The molecular formula is C13H18N6O7S3. The molecule has 0 radical (unpaired) electrons. The van der Waals surface area contributed by atoms with Crippen molar-refractivity contribution in [2.24, 2.45) is 5.16 Å². The number of β-lactam (4-membered cyclic amide) rings is 1. The zero-order valence-corrected chi connectivity index (χ0v) is 17.6. The lowest BCUT2D eigenvalue weighted by atomic mass is 10.1. The van der Waals surface area contributed by atoms with Crippen LogP contribution in [-0.4, -0.2) is 76.5 Å². The highest BCUT2D eigenvalue weighted by Gasteiger charge is 2.54. The van der Waals surface area contributed by atoms with Crippen molar-refractivity contribution in [3.8, 4) is 0 Å². The second kappa shape index (κ2) is 9.38. The van der Waals surface area contributed by atoms with Crippen molar-refractivity contribution < 1.29 is 32.2 Å². The van der Waals surface area contributed by atoms with Crippen molar-refractivity contribution in [3.63, 3.8) is 0 Å². The predicted octanol–water partition coefficient (Wildman–Crippen LogP) is -1.60. The Morgan fingerprint density at radius 2 is 2.21 bits per heavy atom. The average molecular weight is 467 g/mol. The molecule has 1 fully saturated rings. The molecule has 1 aliphatic heterocycles. The van der Waals surface area contributed by atoms with Gasteiger partial charge in [0.05, 0.1) is 0 Å². The van der Waals surface area contributed by atoms with E-state index in [-0.39, 0.29) is 39.0 Å². The summed E-state index contributed by atoms with van der Waals surface area (Å²) in [5.74, 6) is -1.93. The number of thiazole rings is 1. The normalized spacial score (nSPS) is 19.5. The van der Waals surface area contributed by atoms with Crippen LogP contribution in [0.5, 0.6) is 0 Å². The molecule has 1 saturated heterocycles. The fraction of sp³-hybridized carbons (Fsp3) is 0.462. The van der Waals surface area contributed by atoms with E-state index in [0.29, 0.717) is 0 Å². The van der Waals surface area contributed by atoms with Gasteiger partial charge in [0.1, 0.15) is 24.2 Å². The minimum Gasteiger partial charge on any atom is -0.398 e. The van der Waals surface area contributed by atoms with Gasteiger partial charge in [-0.25, -0.2) is 4.98 Å². The van der Waals surface area contributed by atoms with Crippen LogP contribution in [0.25, 0.3) is 0 Å². The van der Waals surface area contributed by atoms with E-state index in [1.165, 1.54) is 19.4 Å².